The molecule has 1 heterocycles. The van der Waals surface area contributed by atoms with Crippen molar-refractivity contribution in [2.75, 3.05) is 17.9 Å². The van der Waals surface area contributed by atoms with Gasteiger partial charge in [-0.2, -0.15) is 0 Å². The number of amides is 1. The van der Waals surface area contributed by atoms with E-state index in [4.69, 9.17) is 21.1 Å². The molecule has 0 unspecified atom stereocenters. The van der Waals surface area contributed by atoms with Crippen molar-refractivity contribution in [2.45, 2.75) is 4.90 Å². The number of hydrogen-bond donors (Lipinski definition) is 1. The minimum atomic E-state index is -0.0752. The summed E-state index contributed by atoms with van der Waals surface area (Å²) >= 11 is 7.27. The Labute approximate surface area is 131 Å². The van der Waals surface area contributed by atoms with Crippen LogP contribution >= 0.6 is 23.4 Å². The number of ether oxygens (including phenoxy) is 2. The zero-order chi connectivity index (χ0) is 14.7. The van der Waals surface area contributed by atoms with E-state index in [1.165, 1.54) is 11.8 Å². The Balaban J connectivity index is 1.55. The van der Waals surface area contributed by atoms with Crippen LogP contribution in [0.3, 0.4) is 0 Å². The van der Waals surface area contributed by atoms with Gasteiger partial charge in [0.2, 0.25) is 12.7 Å². The maximum absolute atomic E-state index is 11.9. The van der Waals surface area contributed by atoms with Crippen molar-refractivity contribution in [1.29, 1.82) is 0 Å². The summed E-state index contributed by atoms with van der Waals surface area (Å²) < 4.78 is 10.5. The lowest BCUT2D eigenvalue weighted by Crippen LogP contribution is -2.13. The largest absolute Gasteiger partial charge is 0.454 e. The molecule has 0 atom stereocenters. The second-order valence-corrected chi connectivity index (χ2v) is 5.84. The van der Waals surface area contributed by atoms with E-state index < -0.39 is 0 Å². The number of hydrogen-bond acceptors (Lipinski definition) is 4. The molecule has 2 aromatic carbocycles. The summed E-state index contributed by atoms with van der Waals surface area (Å²) in [5, 5.41) is 3.52. The van der Waals surface area contributed by atoms with Crippen LogP contribution in [0.5, 0.6) is 11.5 Å². The maximum Gasteiger partial charge on any atom is 0.234 e. The Bertz CT molecular complexity index is 660. The van der Waals surface area contributed by atoms with E-state index in [-0.39, 0.29) is 12.7 Å². The number of thioether (sulfide) groups is 1. The molecule has 0 bridgehead atoms. The van der Waals surface area contributed by atoms with E-state index in [0.29, 0.717) is 28.0 Å². The molecule has 0 saturated carbocycles. The number of nitrogens with one attached hydrogen (secondary N) is 1. The van der Waals surface area contributed by atoms with Gasteiger partial charge in [-0.15, -0.1) is 11.8 Å². The van der Waals surface area contributed by atoms with Gasteiger partial charge in [-0.1, -0.05) is 11.6 Å². The van der Waals surface area contributed by atoms with Crippen LogP contribution in [0.2, 0.25) is 5.02 Å². The fourth-order valence-corrected chi connectivity index (χ4v) is 2.68. The first-order valence-electron chi connectivity index (χ1n) is 6.28. The van der Waals surface area contributed by atoms with Gasteiger partial charge < -0.3 is 14.8 Å². The van der Waals surface area contributed by atoms with Gasteiger partial charge in [0.15, 0.2) is 11.5 Å². The Morgan fingerprint density at radius 2 is 1.90 bits per heavy atom. The van der Waals surface area contributed by atoms with Crippen LogP contribution in [-0.4, -0.2) is 18.5 Å². The van der Waals surface area contributed by atoms with E-state index in [1.54, 1.807) is 30.3 Å². The van der Waals surface area contributed by atoms with Gasteiger partial charge in [-0.05, 0) is 36.4 Å². The summed E-state index contributed by atoms with van der Waals surface area (Å²) in [6.45, 7) is 0.221. The zero-order valence-electron chi connectivity index (χ0n) is 11.0. The number of fused-ring (bicyclic) bond motifs is 1. The first-order chi connectivity index (χ1) is 10.2. The molecule has 0 aromatic heterocycles. The molecular weight excluding hydrogens is 310 g/mol. The van der Waals surface area contributed by atoms with Crippen molar-refractivity contribution >= 4 is 35.0 Å². The first-order valence-corrected chi connectivity index (χ1v) is 7.65. The molecule has 2 aromatic rings. The molecule has 0 fully saturated rings. The number of carbonyl (C=O) groups is 1. The molecule has 1 N–H and O–H groups in total. The molecule has 4 nitrogen and oxygen atoms in total. The number of carbonyl (C=O) groups excluding carboxylic acids is 1. The number of halogens is 1. The molecule has 3 rings (SSSR count). The highest BCUT2D eigenvalue weighted by Gasteiger charge is 2.14. The van der Waals surface area contributed by atoms with Crippen LogP contribution in [0.15, 0.2) is 47.4 Å². The average Bonchev–Trinajstić information content (AvgIpc) is 2.94. The molecule has 1 amide bonds. The van der Waals surface area contributed by atoms with Gasteiger partial charge >= 0.3 is 0 Å². The summed E-state index contributed by atoms with van der Waals surface area (Å²) in [5.74, 6) is 1.60. The summed E-state index contributed by atoms with van der Waals surface area (Å²) in [6, 6.07) is 12.7. The molecule has 21 heavy (non-hydrogen) atoms. The van der Waals surface area contributed by atoms with E-state index in [0.717, 1.165) is 4.90 Å². The molecule has 0 saturated heterocycles. The monoisotopic (exact) mass is 321 g/mol. The van der Waals surface area contributed by atoms with Gasteiger partial charge in [0.1, 0.15) is 0 Å². The average molecular weight is 322 g/mol. The molecule has 6 heteroatoms. The normalized spacial score (nSPS) is 12.2. The van der Waals surface area contributed by atoms with Crippen LogP contribution in [0.4, 0.5) is 5.69 Å². The van der Waals surface area contributed by atoms with Crippen LogP contribution in [0.25, 0.3) is 0 Å². The predicted octanol–water partition coefficient (Wildman–Crippen LogP) is 3.80. The summed E-state index contributed by atoms with van der Waals surface area (Å²) in [6.07, 6.45) is 0. The minimum absolute atomic E-state index is 0.0752. The molecular formula is C15H12ClNO3S. The Hall–Kier alpha value is -1.85. The third kappa shape index (κ3) is 3.62. The van der Waals surface area contributed by atoms with E-state index in [2.05, 4.69) is 5.32 Å². The van der Waals surface area contributed by atoms with Crippen molar-refractivity contribution in [3.8, 4) is 11.5 Å². The van der Waals surface area contributed by atoms with Crippen molar-refractivity contribution in [3.05, 3.63) is 47.5 Å². The Kier molecular flexibility index (Phi) is 4.22. The van der Waals surface area contributed by atoms with Gasteiger partial charge in [0.05, 0.1) is 5.75 Å². The van der Waals surface area contributed by atoms with Crippen LogP contribution in [0, 0.1) is 0 Å². The van der Waals surface area contributed by atoms with Crippen LogP contribution < -0.4 is 14.8 Å². The maximum atomic E-state index is 11.9. The van der Waals surface area contributed by atoms with Gasteiger partial charge in [0, 0.05) is 21.7 Å². The van der Waals surface area contributed by atoms with Crippen LogP contribution in [-0.2, 0) is 4.79 Å². The fraction of sp³-hybridized carbons (Fsp3) is 0.133. The lowest BCUT2D eigenvalue weighted by Gasteiger charge is -2.06. The second-order valence-electron chi connectivity index (χ2n) is 4.36. The Morgan fingerprint density at radius 1 is 1.14 bits per heavy atom. The highest BCUT2D eigenvalue weighted by Crippen LogP contribution is 2.34. The third-order valence-electron chi connectivity index (χ3n) is 2.84. The highest BCUT2D eigenvalue weighted by molar-refractivity contribution is 8.00. The van der Waals surface area contributed by atoms with E-state index in [1.807, 2.05) is 12.1 Å². The van der Waals surface area contributed by atoms with Gasteiger partial charge in [-0.25, -0.2) is 0 Å². The van der Waals surface area contributed by atoms with E-state index >= 15 is 0 Å². The zero-order valence-corrected chi connectivity index (χ0v) is 12.5. The molecule has 108 valence electrons. The smallest absolute Gasteiger partial charge is 0.234 e. The highest BCUT2D eigenvalue weighted by atomic mass is 35.5. The standard InChI is InChI=1S/C15H12ClNO3S/c16-10-1-4-12(5-2-10)21-8-15(18)17-11-3-6-13-14(7-11)20-9-19-13/h1-7H,8-9H2,(H,17,18). The quantitative estimate of drug-likeness (QED) is 0.870. The van der Waals surface area contributed by atoms with Crippen molar-refractivity contribution in [1.82, 2.24) is 0 Å². The lowest BCUT2D eigenvalue weighted by atomic mass is 10.3. The molecule has 0 spiro atoms. The summed E-state index contributed by atoms with van der Waals surface area (Å²) in [7, 11) is 0. The summed E-state index contributed by atoms with van der Waals surface area (Å²) in [4.78, 5) is 12.9. The molecule has 1 aliphatic heterocycles. The third-order valence-corrected chi connectivity index (χ3v) is 4.10. The van der Waals surface area contributed by atoms with Crippen molar-refractivity contribution < 1.29 is 14.3 Å². The number of rotatable bonds is 4. The van der Waals surface area contributed by atoms with Gasteiger partial charge in [-0.3, -0.25) is 4.79 Å². The molecule has 1 aliphatic rings. The summed E-state index contributed by atoms with van der Waals surface area (Å²) in [5.41, 5.74) is 0.695. The lowest BCUT2D eigenvalue weighted by molar-refractivity contribution is -0.113. The van der Waals surface area contributed by atoms with Crippen LogP contribution in [0.1, 0.15) is 0 Å². The number of anilines is 1. The number of benzene rings is 2. The minimum Gasteiger partial charge on any atom is -0.454 e. The molecule has 0 aliphatic carbocycles. The second kappa shape index (κ2) is 6.28. The van der Waals surface area contributed by atoms with Crippen molar-refractivity contribution in [3.63, 3.8) is 0 Å². The first kappa shape index (κ1) is 14.1. The van der Waals surface area contributed by atoms with E-state index in [9.17, 15) is 4.79 Å². The van der Waals surface area contributed by atoms with Crippen molar-refractivity contribution in [2.24, 2.45) is 0 Å². The molecule has 0 radical (unpaired) electrons. The Morgan fingerprint density at radius 3 is 2.71 bits per heavy atom. The SMILES string of the molecule is O=C(CSc1ccc(Cl)cc1)Nc1ccc2c(c1)OCO2. The topological polar surface area (TPSA) is 47.6 Å². The predicted molar refractivity (Wildman–Crippen MR) is 83.4 cm³/mol. The fourth-order valence-electron chi connectivity index (χ4n) is 1.85. The van der Waals surface area contributed by atoms with Gasteiger partial charge in [0.25, 0.3) is 0 Å².